The normalized spacial score (nSPS) is 9.94. The lowest BCUT2D eigenvalue weighted by atomic mass is 10.2. The first-order valence-electron chi connectivity index (χ1n) is 4.73. The maximum absolute atomic E-state index is 5.78. The van der Waals surface area contributed by atoms with Crippen LogP contribution in [0.2, 0.25) is 0 Å². The zero-order valence-corrected chi connectivity index (χ0v) is 10.8. The van der Waals surface area contributed by atoms with E-state index in [9.17, 15) is 0 Å². The number of nitrogens with zero attached hydrogens (tertiary/aromatic N) is 3. The number of aromatic nitrogens is 3. The third-order valence-electron chi connectivity index (χ3n) is 2.67. The van der Waals surface area contributed by atoms with Gasteiger partial charge in [-0.15, -0.1) is 24.8 Å². The van der Waals surface area contributed by atoms with Crippen LogP contribution in [-0.2, 0) is 7.05 Å². The lowest BCUT2D eigenvalue weighted by Gasteiger charge is -1.98. The highest BCUT2D eigenvalue weighted by Crippen LogP contribution is 2.24. The van der Waals surface area contributed by atoms with Gasteiger partial charge in [0.1, 0.15) is 5.52 Å². The monoisotopic (exact) mass is 271 g/mol. The number of anilines is 1. The average Bonchev–Trinajstić information content (AvgIpc) is 2.56. The van der Waals surface area contributed by atoms with Crippen molar-refractivity contribution in [3.8, 4) is 0 Å². The van der Waals surface area contributed by atoms with Crippen LogP contribution in [0.5, 0.6) is 0 Å². The second kappa shape index (κ2) is 4.77. The molecule has 0 saturated heterocycles. The number of pyridine rings is 1. The Kier molecular flexibility index (Phi) is 3.80. The van der Waals surface area contributed by atoms with Crippen molar-refractivity contribution in [1.82, 2.24) is 14.5 Å². The van der Waals surface area contributed by atoms with Gasteiger partial charge in [-0.2, -0.15) is 0 Å². The average molecular weight is 272 g/mol. The van der Waals surface area contributed by atoms with E-state index < -0.39 is 0 Å². The first-order chi connectivity index (χ1) is 7.27. The van der Waals surface area contributed by atoms with Gasteiger partial charge in [0.25, 0.3) is 0 Å². The van der Waals surface area contributed by atoms with Gasteiger partial charge in [0.05, 0.1) is 11.0 Å². The molecule has 90 valence electrons. The summed E-state index contributed by atoms with van der Waals surface area (Å²) in [5, 5.41) is 1.04. The third kappa shape index (κ3) is 1.90. The van der Waals surface area contributed by atoms with Crippen LogP contribution in [0.15, 0.2) is 30.5 Å². The Morgan fingerprint density at radius 3 is 2.71 bits per heavy atom. The smallest absolute Gasteiger partial charge is 0.200 e. The minimum absolute atomic E-state index is 0. The molecule has 3 rings (SSSR count). The van der Waals surface area contributed by atoms with E-state index >= 15 is 0 Å². The molecule has 4 nitrogen and oxygen atoms in total. The van der Waals surface area contributed by atoms with Gasteiger partial charge in [-0.05, 0) is 24.3 Å². The molecule has 0 fully saturated rings. The number of hydrogen-bond acceptors (Lipinski definition) is 3. The van der Waals surface area contributed by atoms with Gasteiger partial charge in [0.15, 0.2) is 0 Å². The number of rotatable bonds is 0. The summed E-state index contributed by atoms with van der Waals surface area (Å²) in [6.07, 6.45) is 1.78. The summed E-state index contributed by atoms with van der Waals surface area (Å²) in [4.78, 5) is 8.62. The molecule has 0 saturated carbocycles. The Labute approximate surface area is 111 Å². The van der Waals surface area contributed by atoms with Crippen molar-refractivity contribution < 1.29 is 0 Å². The van der Waals surface area contributed by atoms with E-state index in [1.807, 2.05) is 35.9 Å². The summed E-state index contributed by atoms with van der Waals surface area (Å²) in [6, 6.07) is 7.90. The Morgan fingerprint density at radius 1 is 1.18 bits per heavy atom. The summed E-state index contributed by atoms with van der Waals surface area (Å²) in [5.74, 6) is 0.529. The largest absolute Gasteiger partial charge is 0.369 e. The van der Waals surface area contributed by atoms with Crippen LogP contribution in [0, 0.1) is 0 Å². The third-order valence-corrected chi connectivity index (χ3v) is 2.67. The van der Waals surface area contributed by atoms with Crippen LogP contribution in [-0.4, -0.2) is 14.5 Å². The van der Waals surface area contributed by atoms with E-state index in [1.165, 1.54) is 0 Å². The van der Waals surface area contributed by atoms with Crippen molar-refractivity contribution in [3.05, 3.63) is 30.5 Å². The fourth-order valence-corrected chi connectivity index (χ4v) is 1.83. The summed E-state index contributed by atoms with van der Waals surface area (Å²) in [7, 11) is 1.91. The van der Waals surface area contributed by atoms with Crippen molar-refractivity contribution in [2.45, 2.75) is 0 Å². The molecule has 0 radical (unpaired) electrons. The molecule has 0 aliphatic heterocycles. The SMILES string of the molecule is Cl.Cl.Cn1c2ccc3ncccc3c2n[13c]1N. The molecule has 0 amide bonds. The van der Waals surface area contributed by atoms with Crippen molar-refractivity contribution in [1.29, 1.82) is 0 Å². The van der Waals surface area contributed by atoms with Gasteiger partial charge in [-0.1, -0.05) is 0 Å². The van der Waals surface area contributed by atoms with Gasteiger partial charge in [-0.3, -0.25) is 4.98 Å². The molecular formula is C11H12Cl2N4. The number of nitrogen functional groups attached to an aromatic ring is 1. The van der Waals surface area contributed by atoms with E-state index in [0.717, 1.165) is 21.9 Å². The zero-order valence-electron chi connectivity index (χ0n) is 9.12. The van der Waals surface area contributed by atoms with Crippen LogP contribution >= 0.6 is 24.8 Å². The Hall–Kier alpha value is -1.52. The van der Waals surface area contributed by atoms with Crippen molar-refractivity contribution in [2.24, 2.45) is 7.05 Å². The number of halogens is 2. The Morgan fingerprint density at radius 2 is 1.94 bits per heavy atom. The first kappa shape index (κ1) is 13.5. The summed E-state index contributed by atoms with van der Waals surface area (Å²) < 4.78 is 1.88. The molecule has 0 atom stereocenters. The predicted molar refractivity (Wildman–Crippen MR) is 74.9 cm³/mol. The molecule has 0 bridgehead atoms. The molecule has 2 N–H and O–H groups in total. The molecule has 1 aromatic carbocycles. The molecule has 2 aromatic heterocycles. The van der Waals surface area contributed by atoms with Gasteiger partial charge < -0.3 is 10.3 Å². The van der Waals surface area contributed by atoms with E-state index in [1.54, 1.807) is 6.20 Å². The minimum Gasteiger partial charge on any atom is -0.369 e. The molecule has 0 spiro atoms. The summed E-state index contributed by atoms with van der Waals surface area (Å²) in [5.41, 5.74) is 8.67. The Balaban J connectivity index is 0.000000722. The van der Waals surface area contributed by atoms with E-state index in [0.29, 0.717) is 5.95 Å². The number of nitrogens with two attached hydrogens (primary N) is 1. The molecule has 0 unspecified atom stereocenters. The van der Waals surface area contributed by atoms with Crippen LogP contribution in [0.4, 0.5) is 5.95 Å². The molecule has 6 heteroatoms. The quantitative estimate of drug-likeness (QED) is 0.684. The van der Waals surface area contributed by atoms with Crippen molar-refractivity contribution in [2.75, 3.05) is 5.73 Å². The number of aryl methyl sites for hydroxylation is 1. The second-order valence-corrected chi connectivity index (χ2v) is 3.53. The van der Waals surface area contributed by atoms with Gasteiger partial charge in [0.2, 0.25) is 5.95 Å². The van der Waals surface area contributed by atoms with Gasteiger partial charge in [-0.25, -0.2) is 4.98 Å². The van der Waals surface area contributed by atoms with Crippen LogP contribution < -0.4 is 5.73 Å². The predicted octanol–water partition coefficient (Wildman–Crippen LogP) is 2.55. The first-order valence-corrected chi connectivity index (χ1v) is 4.73. The van der Waals surface area contributed by atoms with Gasteiger partial charge >= 0.3 is 0 Å². The van der Waals surface area contributed by atoms with E-state index in [4.69, 9.17) is 5.73 Å². The molecular weight excluding hydrogens is 260 g/mol. The maximum atomic E-state index is 5.78. The van der Waals surface area contributed by atoms with Gasteiger partial charge in [0, 0.05) is 18.6 Å². The highest BCUT2D eigenvalue weighted by molar-refractivity contribution is 6.03. The molecule has 17 heavy (non-hydrogen) atoms. The molecule has 0 aliphatic rings. The summed E-state index contributed by atoms with van der Waals surface area (Å²) >= 11 is 0. The zero-order chi connectivity index (χ0) is 10.4. The van der Waals surface area contributed by atoms with Crippen LogP contribution in [0.25, 0.3) is 21.9 Å². The maximum Gasteiger partial charge on any atom is 0.200 e. The van der Waals surface area contributed by atoms with Crippen LogP contribution in [0.3, 0.4) is 0 Å². The highest BCUT2D eigenvalue weighted by atomic mass is 35.5. The minimum atomic E-state index is 0. The molecule has 0 aliphatic carbocycles. The second-order valence-electron chi connectivity index (χ2n) is 3.53. The number of benzene rings is 1. The highest BCUT2D eigenvalue weighted by Gasteiger charge is 2.07. The number of imidazole rings is 1. The lowest BCUT2D eigenvalue weighted by Crippen LogP contribution is -1.95. The van der Waals surface area contributed by atoms with Crippen molar-refractivity contribution >= 4 is 52.7 Å². The molecule has 3 aromatic rings. The topological polar surface area (TPSA) is 56.7 Å². The van der Waals surface area contributed by atoms with E-state index in [-0.39, 0.29) is 24.8 Å². The standard InChI is InChI=1S/C11H10N4.2ClH/c1-15-9-5-4-8-7(3-2-6-13-8)10(9)14-11(15)12;;/h2-6H,1H3,(H2,12,14);2*1H/i11+1;;. The number of hydrogen-bond donors (Lipinski definition) is 1. The Bertz CT molecular complexity index is 663. The fourth-order valence-electron chi connectivity index (χ4n) is 1.83. The van der Waals surface area contributed by atoms with Crippen LogP contribution in [0.1, 0.15) is 0 Å². The van der Waals surface area contributed by atoms with Crippen molar-refractivity contribution in [3.63, 3.8) is 0 Å². The lowest BCUT2D eigenvalue weighted by molar-refractivity contribution is 0.965. The van der Waals surface area contributed by atoms with E-state index in [2.05, 4.69) is 9.97 Å². The fraction of sp³-hybridized carbons (Fsp3) is 0.0909. The molecule has 2 heterocycles. The number of fused-ring (bicyclic) bond motifs is 3. The summed E-state index contributed by atoms with van der Waals surface area (Å²) in [6.45, 7) is 0.